The lowest BCUT2D eigenvalue weighted by Gasteiger charge is -2.27. The van der Waals surface area contributed by atoms with Crippen molar-refractivity contribution in [2.24, 2.45) is 5.73 Å². The molecule has 1 aliphatic heterocycles. The smallest absolute Gasteiger partial charge is 0.258 e. The predicted molar refractivity (Wildman–Crippen MR) is 164 cm³/mol. The van der Waals surface area contributed by atoms with Crippen LogP contribution in [-0.2, 0) is 28.9 Å². The summed E-state index contributed by atoms with van der Waals surface area (Å²) in [7, 11) is 0. The first-order valence-corrected chi connectivity index (χ1v) is 14.6. The molecule has 4 N–H and O–H groups in total. The molecule has 3 aromatic rings. The van der Waals surface area contributed by atoms with Crippen LogP contribution in [0.25, 0.3) is 12.2 Å². The number of para-hydroxylation sites is 1. The van der Waals surface area contributed by atoms with Crippen molar-refractivity contribution in [2.45, 2.75) is 51.0 Å². The zero-order chi connectivity index (χ0) is 28.6. The number of amides is 3. The molecule has 1 heterocycles. The highest BCUT2D eigenvalue weighted by atomic mass is 16.2. The Labute approximate surface area is 241 Å². The van der Waals surface area contributed by atoms with E-state index in [2.05, 4.69) is 28.8 Å². The number of aryl methyl sites for hydroxylation is 2. The van der Waals surface area contributed by atoms with Gasteiger partial charge in [-0.15, -0.1) is 0 Å². The van der Waals surface area contributed by atoms with Gasteiger partial charge in [-0.2, -0.15) is 0 Å². The minimum atomic E-state index is -0.721. The number of nitrogens with zero attached hydrogens (tertiary/aromatic N) is 1. The van der Waals surface area contributed by atoms with Crippen molar-refractivity contribution in [2.75, 3.05) is 24.5 Å². The van der Waals surface area contributed by atoms with E-state index in [1.807, 2.05) is 60.7 Å². The minimum absolute atomic E-state index is 0.0583. The summed E-state index contributed by atoms with van der Waals surface area (Å²) >= 11 is 0. The maximum atomic E-state index is 13.7. The van der Waals surface area contributed by atoms with E-state index < -0.39 is 6.04 Å². The Hall–Kier alpha value is -4.23. The molecule has 0 spiro atoms. The highest BCUT2D eigenvalue weighted by Gasteiger charge is 2.26. The molecule has 7 heteroatoms. The summed E-state index contributed by atoms with van der Waals surface area (Å²) in [5, 5.41) is 5.88. The monoisotopic (exact) mass is 550 g/mol. The summed E-state index contributed by atoms with van der Waals surface area (Å²) in [6.45, 7) is 1.12. The van der Waals surface area contributed by atoms with Gasteiger partial charge in [-0.3, -0.25) is 14.4 Å². The Bertz CT molecular complexity index is 1450. The van der Waals surface area contributed by atoms with E-state index in [0.717, 1.165) is 35.2 Å². The van der Waals surface area contributed by atoms with Gasteiger partial charge >= 0.3 is 0 Å². The molecule has 1 atom stereocenters. The molecule has 0 saturated carbocycles. The zero-order valence-corrected chi connectivity index (χ0v) is 23.4. The fraction of sp³-hybridized carbons (Fsp3) is 0.324. The van der Waals surface area contributed by atoms with Crippen LogP contribution in [0.5, 0.6) is 0 Å². The van der Waals surface area contributed by atoms with Gasteiger partial charge in [0.1, 0.15) is 6.04 Å². The largest absolute Gasteiger partial charge is 0.354 e. The molecule has 41 heavy (non-hydrogen) atoms. The summed E-state index contributed by atoms with van der Waals surface area (Å²) in [4.78, 5) is 41.8. The number of anilines is 1. The Morgan fingerprint density at radius 3 is 2.46 bits per heavy atom. The van der Waals surface area contributed by atoms with Gasteiger partial charge in [0, 0.05) is 31.5 Å². The second-order valence-electron chi connectivity index (χ2n) is 10.8. The molecule has 0 unspecified atom stereocenters. The Kier molecular flexibility index (Phi) is 9.26. The normalized spacial score (nSPS) is 15.4. The highest BCUT2D eigenvalue weighted by molar-refractivity contribution is 6.11. The van der Waals surface area contributed by atoms with Gasteiger partial charge in [-0.05, 0) is 78.6 Å². The molecule has 7 nitrogen and oxygen atoms in total. The van der Waals surface area contributed by atoms with E-state index in [-0.39, 0.29) is 30.7 Å². The third-order valence-electron chi connectivity index (χ3n) is 7.85. The van der Waals surface area contributed by atoms with Gasteiger partial charge in [-0.25, -0.2) is 0 Å². The van der Waals surface area contributed by atoms with Crippen molar-refractivity contribution in [1.29, 1.82) is 0 Å². The Morgan fingerprint density at radius 2 is 1.63 bits per heavy atom. The van der Waals surface area contributed by atoms with Crippen LogP contribution < -0.4 is 21.3 Å². The van der Waals surface area contributed by atoms with Crippen LogP contribution in [0.4, 0.5) is 5.69 Å². The average molecular weight is 551 g/mol. The first kappa shape index (κ1) is 28.3. The van der Waals surface area contributed by atoms with Gasteiger partial charge in [-0.1, -0.05) is 66.7 Å². The van der Waals surface area contributed by atoms with Crippen molar-refractivity contribution in [3.63, 3.8) is 0 Å². The molecule has 5 rings (SSSR count). The fourth-order valence-electron chi connectivity index (χ4n) is 5.64. The number of benzene rings is 3. The molecule has 3 amide bonds. The van der Waals surface area contributed by atoms with Gasteiger partial charge < -0.3 is 21.3 Å². The maximum Gasteiger partial charge on any atom is 0.258 e. The lowest BCUT2D eigenvalue weighted by molar-refractivity contribution is -0.128. The summed E-state index contributed by atoms with van der Waals surface area (Å²) in [5.74, 6) is -0.662. The molecule has 3 aromatic carbocycles. The van der Waals surface area contributed by atoms with E-state index in [9.17, 15) is 14.4 Å². The van der Waals surface area contributed by atoms with Crippen LogP contribution in [0.15, 0.2) is 66.7 Å². The third kappa shape index (κ3) is 6.92. The second kappa shape index (κ2) is 13.4. The van der Waals surface area contributed by atoms with Gasteiger partial charge in [0.25, 0.3) is 5.91 Å². The summed E-state index contributed by atoms with van der Waals surface area (Å²) in [6, 6.07) is 20.8. The molecule has 0 fully saturated rings. The zero-order valence-electron chi connectivity index (χ0n) is 23.4. The topological polar surface area (TPSA) is 105 Å². The molecule has 212 valence electrons. The number of hydrogen-bond acceptors (Lipinski definition) is 4. The maximum absolute atomic E-state index is 13.7. The number of nitrogens with one attached hydrogen (secondary N) is 2. The van der Waals surface area contributed by atoms with Gasteiger partial charge in [0.2, 0.25) is 11.8 Å². The third-order valence-corrected chi connectivity index (χ3v) is 7.85. The lowest BCUT2D eigenvalue weighted by Crippen LogP contribution is -2.49. The molecule has 2 aliphatic rings. The standard InChI is InChI=1S/C34H38N4O3/c35-19-7-20-36-33(40)30(23-24-14-15-25-8-1-2-11-28(25)22-24)37-32(39)18-21-38-31-13-6-4-10-27(31)17-16-26-9-3-5-12-29(26)34(38)41/h3-6,9-10,12-17,22,30H,1-2,7-8,11,18-21,23,35H2,(H,36,40)(H,37,39)/b17-16-/t30-/m1/s1. The molecular formula is C34H38N4O3. The van der Waals surface area contributed by atoms with Crippen molar-refractivity contribution in [3.8, 4) is 0 Å². The number of hydrogen-bond donors (Lipinski definition) is 3. The molecule has 0 saturated heterocycles. The first-order chi connectivity index (χ1) is 20.0. The lowest BCUT2D eigenvalue weighted by atomic mass is 9.89. The van der Waals surface area contributed by atoms with Crippen molar-refractivity contribution in [3.05, 3.63) is 100 Å². The molecule has 0 bridgehead atoms. The van der Waals surface area contributed by atoms with Crippen molar-refractivity contribution in [1.82, 2.24) is 10.6 Å². The van der Waals surface area contributed by atoms with E-state index >= 15 is 0 Å². The number of carbonyl (C=O) groups excluding carboxylic acids is 3. The van der Waals surface area contributed by atoms with Gasteiger partial charge in [0.05, 0.1) is 5.69 Å². The van der Waals surface area contributed by atoms with E-state index in [0.29, 0.717) is 31.5 Å². The van der Waals surface area contributed by atoms with E-state index in [1.165, 1.54) is 24.0 Å². The average Bonchev–Trinajstić information content (AvgIpc) is 2.99. The van der Waals surface area contributed by atoms with E-state index in [1.54, 1.807) is 4.90 Å². The number of rotatable bonds is 10. The van der Waals surface area contributed by atoms with Crippen LogP contribution in [0.1, 0.15) is 63.9 Å². The Balaban J connectivity index is 1.32. The molecule has 0 radical (unpaired) electrons. The SMILES string of the molecule is NCCCNC(=O)[C@@H](Cc1ccc2c(c1)CCCC2)NC(=O)CCN1C(=O)c2ccccc2/C=C\c2ccccc21. The van der Waals surface area contributed by atoms with Crippen molar-refractivity contribution < 1.29 is 14.4 Å². The molecule has 1 aliphatic carbocycles. The summed E-state index contributed by atoms with van der Waals surface area (Å²) in [6.07, 6.45) is 9.59. The Morgan fingerprint density at radius 1 is 0.902 bits per heavy atom. The van der Waals surface area contributed by atoms with Crippen LogP contribution in [0.3, 0.4) is 0 Å². The predicted octanol–water partition coefficient (Wildman–Crippen LogP) is 4.28. The molecular weight excluding hydrogens is 512 g/mol. The minimum Gasteiger partial charge on any atom is -0.354 e. The van der Waals surface area contributed by atoms with Crippen LogP contribution in [0.2, 0.25) is 0 Å². The number of fused-ring (bicyclic) bond motifs is 3. The fourth-order valence-corrected chi connectivity index (χ4v) is 5.64. The first-order valence-electron chi connectivity index (χ1n) is 14.6. The number of nitrogens with two attached hydrogens (primary N) is 1. The second-order valence-corrected chi connectivity index (χ2v) is 10.8. The highest BCUT2D eigenvalue weighted by Crippen LogP contribution is 2.29. The number of carbonyl (C=O) groups is 3. The van der Waals surface area contributed by atoms with Crippen LogP contribution in [0, 0.1) is 0 Å². The van der Waals surface area contributed by atoms with Crippen molar-refractivity contribution >= 4 is 35.6 Å². The quantitative estimate of drug-likeness (QED) is 0.328. The van der Waals surface area contributed by atoms with Crippen LogP contribution >= 0.6 is 0 Å². The van der Waals surface area contributed by atoms with Gasteiger partial charge in [0.15, 0.2) is 0 Å². The summed E-state index contributed by atoms with van der Waals surface area (Å²) < 4.78 is 0. The van der Waals surface area contributed by atoms with E-state index in [4.69, 9.17) is 5.73 Å². The summed E-state index contributed by atoms with van der Waals surface area (Å²) in [5.41, 5.74) is 12.4. The molecule has 0 aromatic heterocycles. The van der Waals surface area contributed by atoms with Crippen LogP contribution in [-0.4, -0.2) is 43.4 Å².